The first kappa shape index (κ1) is 75.0. The Hall–Kier alpha value is -15.0. The normalized spacial score (nSPS) is 13.1. The first-order chi connectivity index (χ1) is 61.5. The zero-order chi connectivity index (χ0) is 83.7. The van der Waals surface area contributed by atoms with Crippen LogP contribution in [-0.2, 0) is 24.7 Å². The highest BCUT2D eigenvalue weighted by Crippen LogP contribution is 2.48. The van der Waals surface area contributed by atoms with Crippen LogP contribution in [0.15, 0.2) is 392 Å². The van der Waals surface area contributed by atoms with Crippen LogP contribution in [0.25, 0.3) is 164 Å². The minimum Gasteiger partial charge on any atom is -0.309 e. The molecule has 4 heterocycles. The highest BCUT2D eigenvalue weighted by molar-refractivity contribution is 7.79. The number of thiol groups is 1. The van der Waals surface area contributed by atoms with Crippen LogP contribution in [0.5, 0.6) is 0 Å². The largest absolute Gasteiger partial charge is 0.309 e. The highest BCUT2D eigenvalue weighted by atomic mass is 32.1. The minimum atomic E-state index is -0.231. The Morgan fingerprint density at radius 2 is 0.848 bits per heavy atom. The number of benzene rings is 18. The van der Waals surface area contributed by atoms with Gasteiger partial charge in [0, 0.05) is 94.0 Å². The lowest BCUT2D eigenvalue weighted by molar-refractivity contribution is 0.523. The summed E-state index contributed by atoms with van der Waals surface area (Å²) < 4.78 is 22.2. The molecule has 0 spiro atoms. The Bertz CT molecular complexity index is 8210. The third-order valence-corrected chi connectivity index (χ3v) is 26.8. The summed E-state index contributed by atoms with van der Waals surface area (Å²) in [5.41, 5.74) is 29.3. The summed E-state index contributed by atoms with van der Waals surface area (Å²) in [4.78, 5) is 4.53. The number of para-hydroxylation sites is 2. The smallest absolute Gasteiger partial charge is 0.129 e. The number of hydrogen-bond donors (Lipinski definition) is 2. The summed E-state index contributed by atoms with van der Waals surface area (Å²) >= 11 is 5.90. The van der Waals surface area contributed by atoms with Crippen molar-refractivity contribution in [2.75, 3.05) is 9.80 Å². The van der Waals surface area contributed by atoms with Crippen LogP contribution in [0.1, 0.15) is 55.5 Å². The van der Waals surface area contributed by atoms with Gasteiger partial charge < -0.3 is 23.5 Å². The van der Waals surface area contributed by atoms with E-state index in [9.17, 15) is 5.41 Å². The quantitative estimate of drug-likeness (QED) is 0.0703. The van der Waals surface area contributed by atoms with E-state index in [4.69, 9.17) is 8.75 Å². The summed E-state index contributed by atoms with van der Waals surface area (Å²) in [6.45, 7) is 9.20. The number of allylic oxidation sites excluding steroid dienone is 4. The summed E-state index contributed by atoms with van der Waals surface area (Å²) in [6.07, 6.45) is 6.93. The number of hydrogen-bond acceptors (Lipinski definition) is 8. The molecular weight excluding hydrogens is 1560 g/mol. The third-order valence-electron chi connectivity index (χ3n) is 26.1. The van der Waals surface area contributed by atoms with Gasteiger partial charge in [-0.25, -0.2) is 4.40 Å². The van der Waals surface area contributed by atoms with Crippen LogP contribution < -0.4 is 9.80 Å². The molecule has 0 radical (unpaired) electrons. The number of aryl methyl sites for hydroxylation is 2. The molecular formula is C114H83N9S2. The number of anilines is 5. The zero-order valence-electron chi connectivity index (χ0n) is 69.4. The maximum atomic E-state index is 9.93. The summed E-state index contributed by atoms with van der Waals surface area (Å²) in [6, 6.07) is 135. The van der Waals surface area contributed by atoms with Gasteiger partial charge >= 0.3 is 0 Å². The second kappa shape index (κ2) is 30.2. The Labute approximate surface area is 733 Å². The fraction of sp³-hybridized carbons (Fsp3) is 0.0702. The molecule has 1 aliphatic carbocycles. The molecule has 4 aromatic heterocycles. The average Bonchev–Trinajstić information content (AvgIpc) is 1.57. The molecule has 1 aliphatic rings. The Morgan fingerprint density at radius 1 is 0.360 bits per heavy atom. The SMILES string of the molecule is CCc1ccc2c(c1)c1cc(CC)ccc1n2-c1cccc(N(c2ccccc2)c2ccc(-c3ccc(-n4c5ccc6ccc(CC(C)(C)c7ccc(-c8cccc(N(C9=CC=C(c%10ccc(-n%11c%12ccc%13ccccc%13c%12c%12ccc%13ccccc%13c%12%11)cc%10)C(=N)/C9=N\S)c9ccccc9)c8)cc7)cc6c5c5ccc6ccccc6c54)cc3)c3nsnc23)c1. The molecule has 0 fully saturated rings. The van der Waals surface area contributed by atoms with E-state index in [-0.39, 0.29) is 5.41 Å². The molecule has 23 rings (SSSR count). The van der Waals surface area contributed by atoms with Gasteiger partial charge in [0.15, 0.2) is 0 Å². The second-order valence-electron chi connectivity index (χ2n) is 33.7. The van der Waals surface area contributed by atoms with Gasteiger partial charge in [-0.05, 0) is 254 Å². The monoisotopic (exact) mass is 1640 g/mol. The number of nitrogens with one attached hydrogen (secondary N) is 1. The van der Waals surface area contributed by atoms with E-state index in [2.05, 4.69) is 445 Å². The molecule has 11 heteroatoms. The number of nitrogens with zero attached hydrogens (tertiary/aromatic N) is 8. The van der Waals surface area contributed by atoms with Crippen LogP contribution in [0.3, 0.4) is 0 Å². The van der Waals surface area contributed by atoms with Crippen molar-refractivity contribution >= 4 is 190 Å². The van der Waals surface area contributed by atoms with Crippen LogP contribution in [-0.4, -0.2) is 33.9 Å². The van der Waals surface area contributed by atoms with Crippen LogP contribution >= 0.6 is 24.5 Å². The number of rotatable bonds is 17. The van der Waals surface area contributed by atoms with Crippen LogP contribution in [0.4, 0.5) is 28.4 Å². The van der Waals surface area contributed by atoms with Crippen molar-refractivity contribution < 1.29 is 0 Å². The van der Waals surface area contributed by atoms with E-state index in [0.717, 1.165) is 126 Å². The van der Waals surface area contributed by atoms with Gasteiger partial charge in [-0.3, -0.25) is 5.41 Å². The van der Waals surface area contributed by atoms with Crippen LogP contribution in [0.2, 0.25) is 0 Å². The van der Waals surface area contributed by atoms with Crippen molar-refractivity contribution in [2.24, 2.45) is 4.40 Å². The standard InChI is InChI=1S/C114H83N9S2/c1-5-71-36-59-100-98(65-71)99-66-72(6-2)37-60-101(99)121(100)89-31-20-30-88(69-89)120(84-27-11-8-12-28-84)105-64-58-92(109-111(105)118-125-117-109)79-43-53-86(54-44-79)123-103-62-48-80-38-35-73(67-97(80)107(103)96-56-46-77-23-15-18-34-94(77)113(96)123)70-114(3,4)82-49-39-74(40-50-82)81-24-19-29-87(68-81)119(83-25-9-7-10-26-83)104-63-57-91(108(115)110(104)116-124)78-41-51-85(52-42-78)122-102-61-47-75-21-13-16-32-90(75)106(102)95-55-45-76-22-14-17-33-93(76)112(95)122/h7-69,115,124H,5-6,70H2,1-4H3/b115-108?,116-110-. The lowest BCUT2D eigenvalue weighted by Gasteiger charge is -2.31. The van der Waals surface area contributed by atoms with Gasteiger partial charge in [-0.15, -0.1) is 0 Å². The third kappa shape index (κ3) is 12.5. The molecule has 22 aromatic rings. The van der Waals surface area contributed by atoms with E-state index in [0.29, 0.717) is 11.4 Å². The van der Waals surface area contributed by atoms with E-state index >= 15 is 0 Å². The first-order valence-electron chi connectivity index (χ1n) is 43.0. The molecule has 9 nitrogen and oxygen atoms in total. The van der Waals surface area contributed by atoms with Crippen molar-refractivity contribution in [3.05, 3.63) is 416 Å². The molecule has 0 saturated heterocycles. The summed E-state index contributed by atoms with van der Waals surface area (Å²) in [5.74, 6) is 0. The average molecular weight is 1640 g/mol. The van der Waals surface area contributed by atoms with E-state index in [1.807, 2.05) is 6.07 Å². The van der Waals surface area contributed by atoms with Gasteiger partial charge in [0.2, 0.25) is 0 Å². The van der Waals surface area contributed by atoms with Crippen molar-refractivity contribution in [1.29, 1.82) is 5.41 Å². The van der Waals surface area contributed by atoms with Gasteiger partial charge in [-0.2, -0.15) is 8.75 Å². The van der Waals surface area contributed by atoms with Crippen molar-refractivity contribution in [1.82, 2.24) is 22.4 Å². The predicted octanol–water partition coefficient (Wildman–Crippen LogP) is 30.5. The van der Waals surface area contributed by atoms with Crippen molar-refractivity contribution in [2.45, 2.75) is 52.4 Å². The topological polar surface area (TPSA) is 83.3 Å². The lowest BCUT2D eigenvalue weighted by atomic mass is 9.78. The van der Waals surface area contributed by atoms with Gasteiger partial charge in [0.25, 0.3) is 0 Å². The maximum Gasteiger partial charge on any atom is 0.129 e. The van der Waals surface area contributed by atoms with E-state index < -0.39 is 0 Å². The molecule has 0 aliphatic heterocycles. The fourth-order valence-corrected chi connectivity index (χ4v) is 20.7. The molecule has 1 N–H and O–H groups in total. The Morgan fingerprint density at radius 3 is 1.46 bits per heavy atom. The molecule has 0 amide bonds. The minimum absolute atomic E-state index is 0.231. The van der Waals surface area contributed by atoms with Gasteiger partial charge in [-0.1, -0.05) is 270 Å². The second-order valence-corrected chi connectivity index (χ2v) is 34.4. The molecule has 0 atom stereocenters. The fourth-order valence-electron chi connectivity index (χ4n) is 20.0. The lowest BCUT2D eigenvalue weighted by Crippen LogP contribution is -2.30. The van der Waals surface area contributed by atoms with Crippen LogP contribution in [0, 0.1) is 5.41 Å². The summed E-state index contributed by atoms with van der Waals surface area (Å²) in [7, 11) is 0. The predicted molar refractivity (Wildman–Crippen MR) is 533 cm³/mol. The number of aromatic nitrogens is 5. The molecule has 18 aromatic carbocycles. The molecule has 0 unspecified atom stereocenters. The molecule has 125 heavy (non-hydrogen) atoms. The van der Waals surface area contributed by atoms with Gasteiger partial charge in [0.05, 0.1) is 61.9 Å². The first-order valence-corrected chi connectivity index (χ1v) is 44.1. The van der Waals surface area contributed by atoms with Gasteiger partial charge in [0.1, 0.15) is 16.7 Å². The Kier molecular flexibility index (Phi) is 18.1. The van der Waals surface area contributed by atoms with E-state index in [1.165, 1.54) is 131 Å². The number of fused-ring (bicyclic) bond motifs is 18. The molecule has 0 saturated carbocycles. The van der Waals surface area contributed by atoms with E-state index in [1.54, 1.807) is 0 Å². The highest BCUT2D eigenvalue weighted by Gasteiger charge is 2.31. The van der Waals surface area contributed by atoms with Crippen molar-refractivity contribution in [3.63, 3.8) is 0 Å². The maximum absolute atomic E-state index is 9.93. The van der Waals surface area contributed by atoms with Crippen molar-refractivity contribution in [3.8, 4) is 39.3 Å². The Balaban J connectivity index is 0.539. The molecule has 0 bridgehead atoms. The molecule has 596 valence electrons. The zero-order valence-corrected chi connectivity index (χ0v) is 71.1. The summed E-state index contributed by atoms with van der Waals surface area (Å²) in [5, 5.41) is 27.1.